The molecule has 0 unspecified atom stereocenters. The van der Waals surface area contributed by atoms with Crippen LogP contribution in [-0.4, -0.2) is 12.5 Å². The molecule has 0 heterocycles. The van der Waals surface area contributed by atoms with E-state index in [1.165, 1.54) is 6.92 Å². The number of carbonyl (C=O) groups excluding carboxylic acids is 1. The molecular weight excluding hydrogens is 231 g/mol. The molecule has 0 aliphatic carbocycles. The van der Waals surface area contributed by atoms with Crippen molar-refractivity contribution in [3.05, 3.63) is 34.6 Å². The zero-order valence-corrected chi connectivity index (χ0v) is 9.51. The first-order valence-corrected chi connectivity index (χ1v) is 5.04. The van der Waals surface area contributed by atoms with E-state index in [-0.39, 0.29) is 16.6 Å². The van der Waals surface area contributed by atoms with E-state index in [2.05, 4.69) is 5.32 Å². The van der Waals surface area contributed by atoms with Crippen molar-refractivity contribution in [2.75, 3.05) is 12.3 Å². The Balaban J connectivity index is 2.77. The first kappa shape index (κ1) is 12.5. The molecule has 3 nitrogen and oxygen atoms in total. The topological polar surface area (TPSA) is 55.1 Å². The molecule has 0 fully saturated rings. The molecule has 1 amide bonds. The van der Waals surface area contributed by atoms with Crippen LogP contribution in [-0.2, 0) is 4.79 Å². The van der Waals surface area contributed by atoms with Gasteiger partial charge in [-0.1, -0.05) is 23.8 Å². The summed E-state index contributed by atoms with van der Waals surface area (Å²) in [7, 11) is 0. The molecule has 0 bridgehead atoms. The lowest BCUT2D eigenvalue weighted by Gasteiger charge is -2.03. The fourth-order valence-corrected chi connectivity index (χ4v) is 1.34. The van der Waals surface area contributed by atoms with Crippen LogP contribution in [0.4, 0.5) is 10.1 Å². The lowest BCUT2D eigenvalue weighted by atomic mass is 10.1. The number of nitrogen functional groups attached to an aromatic ring is 1. The average molecular weight is 243 g/mol. The lowest BCUT2D eigenvalue weighted by molar-refractivity contribution is -0.118. The molecule has 3 N–H and O–H groups in total. The fourth-order valence-electron chi connectivity index (χ4n) is 1.13. The summed E-state index contributed by atoms with van der Waals surface area (Å²) in [5, 5.41) is 2.85. The SMILES string of the molecule is CC(=O)NCC=Cc1cc(Cl)cc(F)c1N. The molecule has 0 aliphatic rings. The van der Waals surface area contributed by atoms with Crippen LogP contribution in [0.1, 0.15) is 12.5 Å². The predicted molar refractivity (Wildman–Crippen MR) is 63.5 cm³/mol. The largest absolute Gasteiger partial charge is 0.396 e. The molecule has 0 aliphatic heterocycles. The van der Waals surface area contributed by atoms with Crippen molar-refractivity contribution < 1.29 is 9.18 Å². The number of hydrogen-bond acceptors (Lipinski definition) is 2. The highest BCUT2D eigenvalue weighted by molar-refractivity contribution is 6.30. The van der Waals surface area contributed by atoms with Gasteiger partial charge < -0.3 is 11.1 Å². The first-order valence-electron chi connectivity index (χ1n) is 4.66. The van der Waals surface area contributed by atoms with E-state index in [1.807, 2.05) is 0 Å². The number of carbonyl (C=O) groups is 1. The van der Waals surface area contributed by atoms with Crippen molar-refractivity contribution in [3.8, 4) is 0 Å². The third kappa shape index (κ3) is 3.55. The number of hydrogen-bond donors (Lipinski definition) is 2. The quantitative estimate of drug-likeness (QED) is 0.799. The van der Waals surface area contributed by atoms with E-state index < -0.39 is 5.82 Å². The number of halogens is 2. The van der Waals surface area contributed by atoms with Crippen LogP contribution >= 0.6 is 11.6 Å². The molecule has 16 heavy (non-hydrogen) atoms. The van der Waals surface area contributed by atoms with Gasteiger partial charge in [0, 0.05) is 24.1 Å². The van der Waals surface area contributed by atoms with E-state index in [9.17, 15) is 9.18 Å². The minimum Gasteiger partial charge on any atom is -0.396 e. The molecular formula is C11H12ClFN2O. The van der Waals surface area contributed by atoms with Crippen LogP contribution in [0.3, 0.4) is 0 Å². The summed E-state index contributed by atoms with van der Waals surface area (Å²) in [6, 6.07) is 2.71. The van der Waals surface area contributed by atoms with Crippen LogP contribution in [0.2, 0.25) is 5.02 Å². The Morgan fingerprint density at radius 3 is 2.94 bits per heavy atom. The van der Waals surface area contributed by atoms with E-state index in [1.54, 1.807) is 18.2 Å². The van der Waals surface area contributed by atoms with Crippen molar-refractivity contribution in [3.63, 3.8) is 0 Å². The van der Waals surface area contributed by atoms with Gasteiger partial charge in [0.25, 0.3) is 0 Å². The Kier molecular flexibility index (Phi) is 4.31. The molecule has 0 saturated heterocycles. The molecule has 1 rings (SSSR count). The van der Waals surface area contributed by atoms with Crippen LogP contribution in [0.15, 0.2) is 18.2 Å². The third-order valence-electron chi connectivity index (χ3n) is 1.89. The highest BCUT2D eigenvalue weighted by atomic mass is 35.5. The highest BCUT2D eigenvalue weighted by Gasteiger charge is 2.04. The summed E-state index contributed by atoms with van der Waals surface area (Å²) >= 11 is 5.69. The van der Waals surface area contributed by atoms with Crippen LogP contribution in [0.5, 0.6) is 0 Å². The Morgan fingerprint density at radius 2 is 2.31 bits per heavy atom. The number of anilines is 1. The monoisotopic (exact) mass is 242 g/mol. The molecule has 0 saturated carbocycles. The summed E-state index contributed by atoms with van der Waals surface area (Å²) in [6.07, 6.45) is 3.28. The lowest BCUT2D eigenvalue weighted by Crippen LogP contribution is -2.19. The first-order chi connectivity index (χ1) is 7.50. The van der Waals surface area contributed by atoms with Crippen molar-refractivity contribution in [1.29, 1.82) is 0 Å². The van der Waals surface area contributed by atoms with E-state index in [4.69, 9.17) is 17.3 Å². The maximum absolute atomic E-state index is 13.2. The van der Waals surface area contributed by atoms with E-state index in [0.29, 0.717) is 12.1 Å². The Bertz CT molecular complexity index is 432. The van der Waals surface area contributed by atoms with Gasteiger partial charge >= 0.3 is 0 Å². The fraction of sp³-hybridized carbons (Fsp3) is 0.182. The van der Waals surface area contributed by atoms with Gasteiger partial charge in [0.15, 0.2) is 0 Å². The molecule has 1 aromatic carbocycles. The molecule has 1 aromatic rings. The average Bonchev–Trinajstić information content (AvgIpc) is 2.19. The van der Waals surface area contributed by atoms with Gasteiger partial charge in [-0.05, 0) is 12.1 Å². The molecule has 0 radical (unpaired) electrons. The number of nitrogens with two attached hydrogens (primary N) is 1. The van der Waals surface area contributed by atoms with Crippen LogP contribution in [0, 0.1) is 5.82 Å². The Labute approximate surface area is 98.1 Å². The van der Waals surface area contributed by atoms with Crippen molar-refractivity contribution >= 4 is 29.3 Å². The summed E-state index contributed by atoms with van der Waals surface area (Å²) in [6.45, 7) is 1.78. The normalized spacial score (nSPS) is 10.7. The van der Waals surface area contributed by atoms with Crippen LogP contribution in [0.25, 0.3) is 6.08 Å². The molecule has 0 aromatic heterocycles. The summed E-state index contributed by atoms with van der Waals surface area (Å²) < 4.78 is 13.2. The number of benzene rings is 1. The highest BCUT2D eigenvalue weighted by Crippen LogP contribution is 2.22. The minimum absolute atomic E-state index is 0.0449. The maximum Gasteiger partial charge on any atom is 0.217 e. The van der Waals surface area contributed by atoms with Crippen molar-refractivity contribution in [2.45, 2.75) is 6.92 Å². The second-order valence-corrected chi connectivity index (χ2v) is 3.67. The van der Waals surface area contributed by atoms with Gasteiger partial charge in [-0.15, -0.1) is 0 Å². The number of nitrogens with one attached hydrogen (secondary N) is 1. The number of rotatable bonds is 3. The van der Waals surface area contributed by atoms with Crippen molar-refractivity contribution in [1.82, 2.24) is 5.32 Å². The molecule has 86 valence electrons. The molecule has 5 heteroatoms. The second-order valence-electron chi connectivity index (χ2n) is 3.23. The van der Waals surface area contributed by atoms with Crippen molar-refractivity contribution in [2.24, 2.45) is 0 Å². The predicted octanol–water partition coefficient (Wildman–Crippen LogP) is 2.21. The standard InChI is InChI=1S/C11H12ClFN2O/c1-7(16)15-4-2-3-8-5-9(12)6-10(13)11(8)14/h2-3,5-6H,4,14H2,1H3,(H,15,16). The third-order valence-corrected chi connectivity index (χ3v) is 2.11. The maximum atomic E-state index is 13.2. The summed E-state index contributed by atoms with van der Waals surface area (Å²) in [4.78, 5) is 10.6. The van der Waals surface area contributed by atoms with Gasteiger partial charge in [0.05, 0.1) is 5.69 Å². The molecule has 0 spiro atoms. The van der Waals surface area contributed by atoms with Gasteiger partial charge in [0.1, 0.15) is 5.82 Å². The summed E-state index contributed by atoms with van der Waals surface area (Å²) in [5.41, 5.74) is 6.06. The van der Waals surface area contributed by atoms with Crippen LogP contribution < -0.4 is 11.1 Å². The van der Waals surface area contributed by atoms with E-state index >= 15 is 0 Å². The minimum atomic E-state index is -0.549. The van der Waals surface area contributed by atoms with Gasteiger partial charge in [-0.25, -0.2) is 4.39 Å². The van der Waals surface area contributed by atoms with Gasteiger partial charge in [0.2, 0.25) is 5.91 Å². The Hall–Kier alpha value is -1.55. The zero-order chi connectivity index (χ0) is 12.1. The second kappa shape index (κ2) is 5.51. The Morgan fingerprint density at radius 1 is 1.62 bits per heavy atom. The number of amides is 1. The van der Waals surface area contributed by atoms with Gasteiger partial charge in [-0.3, -0.25) is 4.79 Å². The van der Waals surface area contributed by atoms with E-state index in [0.717, 1.165) is 6.07 Å². The smallest absolute Gasteiger partial charge is 0.217 e. The zero-order valence-electron chi connectivity index (χ0n) is 8.76. The van der Waals surface area contributed by atoms with Gasteiger partial charge in [-0.2, -0.15) is 0 Å². The molecule has 0 atom stereocenters. The summed E-state index contributed by atoms with van der Waals surface area (Å²) in [5.74, 6) is -0.679.